The highest BCUT2D eigenvalue weighted by Crippen LogP contribution is 2.48. The Morgan fingerprint density at radius 3 is 2.33 bits per heavy atom. The maximum Gasteiger partial charge on any atom is 0.573 e. The van der Waals surface area contributed by atoms with Crippen molar-refractivity contribution in [3.05, 3.63) is 29.3 Å². The van der Waals surface area contributed by atoms with Gasteiger partial charge in [0.25, 0.3) is 0 Å². The lowest BCUT2D eigenvalue weighted by Crippen LogP contribution is -2.54. The molecule has 1 atom stereocenters. The van der Waals surface area contributed by atoms with Gasteiger partial charge in [-0.25, -0.2) is 4.79 Å². The molecule has 10 heteroatoms. The summed E-state index contributed by atoms with van der Waals surface area (Å²) < 4.78 is 85.3. The first-order valence-electron chi connectivity index (χ1n) is 6.50. The highest BCUT2D eigenvalue weighted by molar-refractivity contribution is 5.96. The summed E-state index contributed by atoms with van der Waals surface area (Å²) in [5, 5.41) is 9.09. The molecule has 0 amide bonds. The van der Waals surface area contributed by atoms with Crippen LogP contribution in [-0.4, -0.2) is 29.2 Å². The zero-order valence-corrected chi connectivity index (χ0v) is 12.0. The van der Waals surface area contributed by atoms with E-state index in [1.54, 1.807) is 0 Å². The highest BCUT2D eigenvalue weighted by Gasteiger charge is 2.61. The molecule has 0 aliphatic carbocycles. The fraction of sp³-hybridized carbons (Fsp3) is 0.357. The average molecular weight is 356 g/mol. The molecular weight excluding hydrogens is 346 g/mol. The average Bonchev–Trinajstić information content (AvgIpc) is 2.42. The van der Waals surface area contributed by atoms with Crippen molar-refractivity contribution in [1.29, 1.82) is 0 Å². The molecule has 0 unspecified atom stereocenters. The zero-order chi connectivity index (χ0) is 18.3. The van der Waals surface area contributed by atoms with Gasteiger partial charge in [0, 0.05) is 5.56 Å². The topological polar surface area (TPSA) is 55.8 Å². The van der Waals surface area contributed by atoms with Crippen LogP contribution in [0.25, 0.3) is 6.08 Å². The predicted molar refractivity (Wildman–Crippen MR) is 68.4 cm³/mol. The minimum atomic E-state index is -5.04. The van der Waals surface area contributed by atoms with Crippen LogP contribution < -0.4 is 9.47 Å². The molecule has 1 aliphatic rings. The van der Waals surface area contributed by atoms with Gasteiger partial charge in [-0.2, -0.15) is 13.2 Å². The van der Waals surface area contributed by atoms with Crippen LogP contribution in [0.5, 0.6) is 11.5 Å². The highest BCUT2D eigenvalue weighted by atomic mass is 19.4. The van der Waals surface area contributed by atoms with E-state index in [1.807, 2.05) is 0 Å². The third-order valence-corrected chi connectivity index (χ3v) is 3.42. The summed E-state index contributed by atoms with van der Waals surface area (Å²) in [7, 11) is 0. The Balaban J connectivity index is 2.57. The number of carboxylic acid groups (broad SMARTS) is 1. The maximum absolute atomic E-state index is 13.4. The van der Waals surface area contributed by atoms with Crippen molar-refractivity contribution >= 4 is 12.0 Å². The Kier molecular flexibility index (Phi) is 4.19. The fourth-order valence-corrected chi connectivity index (χ4v) is 2.35. The van der Waals surface area contributed by atoms with Crippen LogP contribution >= 0.6 is 0 Å². The number of carbonyl (C=O) groups is 1. The molecule has 4 nitrogen and oxygen atoms in total. The number of carboxylic acids is 1. The molecule has 0 bridgehead atoms. The van der Waals surface area contributed by atoms with Gasteiger partial charge in [-0.15, -0.1) is 13.2 Å². The minimum Gasteiger partial charge on any atom is -0.478 e. The van der Waals surface area contributed by atoms with Gasteiger partial charge >= 0.3 is 18.5 Å². The molecule has 2 rings (SSSR count). The molecule has 0 spiro atoms. The number of benzene rings is 1. The summed E-state index contributed by atoms with van der Waals surface area (Å²) >= 11 is 0. The molecule has 0 fully saturated rings. The third-order valence-electron chi connectivity index (χ3n) is 3.42. The van der Waals surface area contributed by atoms with Crippen LogP contribution in [-0.2, 0) is 4.79 Å². The second kappa shape index (κ2) is 5.60. The van der Waals surface area contributed by atoms with E-state index in [1.165, 1.54) is 0 Å². The predicted octanol–water partition coefficient (Wildman–Crippen LogP) is 4.16. The van der Waals surface area contributed by atoms with Crippen LogP contribution in [0.15, 0.2) is 23.8 Å². The van der Waals surface area contributed by atoms with E-state index in [0.717, 1.165) is 25.1 Å². The van der Waals surface area contributed by atoms with Crippen LogP contribution in [0, 0.1) is 0 Å². The first-order chi connectivity index (χ1) is 10.9. The van der Waals surface area contributed by atoms with Crippen LogP contribution in [0.1, 0.15) is 18.9 Å². The first-order valence-corrected chi connectivity index (χ1v) is 6.50. The van der Waals surface area contributed by atoms with Crippen molar-refractivity contribution in [2.45, 2.75) is 31.5 Å². The molecule has 1 aliphatic heterocycles. The smallest absolute Gasteiger partial charge is 0.478 e. The first kappa shape index (κ1) is 18.0. The zero-order valence-electron chi connectivity index (χ0n) is 12.0. The molecule has 1 aromatic carbocycles. The van der Waals surface area contributed by atoms with Gasteiger partial charge in [0.05, 0.1) is 5.57 Å². The fourth-order valence-electron chi connectivity index (χ4n) is 2.35. The molecule has 24 heavy (non-hydrogen) atoms. The Morgan fingerprint density at radius 1 is 1.25 bits per heavy atom. The third kappa shape index (κ3) is 3.13. The normalized spacial score (nSPS) is 20.7. The largest absolute Gasteiger partial charge is 0.573 e. The number of hydrogen-bond acceptors (Lipinski definition) is 3. The van der Waals surface area contributed by atoms with E-state index in [-0.39, 0.29) is 5.56 Å². The summed E-state index contributed by atoms with van der Waals surface area (Å²) in [5.74, 6) is -2.99. The van der Waals surface area contributed by atoms with E-state index in [9.17, 15) is 31.1 Å². The number of alkyl halides is 6. The lowest BCUT2D eigenvalue weighted by Gasteiger charge is -2.38. The minimum absolute atomic E-state index is 0.262. The monoisotopic (exact) mass is 356 g/mol. The van der Waals surface area contributed by atoms with Gasteiger partial charge in [0.15, 0.2) is 0 Å². The molecular formula is C14H10F6O4. The SMILES string of the molecule is CC[C@]1(C(F)(F)F)Oc2ccc(OC(F)(F)F)cc2C=C1C(=O)O. The summed E-state index contributed by atoms with van der Waals surface area (Å²) in [6.07, 6.45) is -10.1. The number of ether oxygens (including phenoxy) is 2. The summed E-state index contributed by atoms with van der Waals surface area (Å²) in [6.45, 7) is 1.09. The van der Waals surface area contributed by atoms with Crippen molar-refractivity contribution < 1.29 is 45.7 Å². The van der Waals surface area contributed by atoms with Gasteiger partial charge in [-0.05, 0) is 30.7 Å². The Bertz CT molecular complexity index is 691. The van der Waals surface area contributed by atoms with Crippen molar-refractivity contribution in [2.24, 2.45) is 0 Å². The van der Waals surface area contributed by atoms with Crippen LogP contribution in [0.3, 0.4) is 0 Å². The van der Waals surface area contributed by atoms with Gasteiger partial charge in [0.2, 0.25) is 5.60 Å². The van der Waals surface area contributed by atoms with E-state index in [0.29, 0.717) is 6.08 Å². The van der Waals surface area contributed by atoms with Crippen molar-refractivity contribution in [3.8, 4) is 11.5 Å². The summed E-state index contributed by atoms with van der Waals surface area (Å²) in [4.78, 5) is 11.2. The molecule has 0 aromatic heterocycles. The molecule has 1 N–H and O–H groups in total. The van der Waals surface area contributed by atoms with Gasteiger partial charge in [0.1, 0.15) is 11.5 Å². The van der Waals surface area contributed by atoms with Crippen LogP contribution in [0.4, 0.5) is 26.3 Å². The Hall–Kier alpha value is -2.39. The lowest BCUT2D eigenvalue weighted by atomic mass is 9.85. The van der Waals surface area contributed by atoms with Crippen LogP contribution in [0.2, 0.25) is 0 Å². The van der Waals surface area contributed by atoms with Gasteiger partial charge < -0.3 is 14.6 Å². The molecule has 0 radical (unpaired) electrons. The summed E-state index contributed by atoms with van der Waals surface area (Å²) in [5.41, 5.74) is -4.46. The molecule has 132 valence electrons. The molecule has 0 saturated carbocycles. The second-order valence-electron chi connectivity index (χ2n) is 4.89. The summed E-state index contributed by atoms with van der Waals surface area (Å²) in [6, 6.07) is 2.39. The molecule has 0 saturated heterocycles. The number of halogens is 6. The van der Waals surface area contributed by atoms with Gasteiger partial charge in [-0.1, -0.05) is 6.92 Å². The number of rotatable bonds is 3. The van der Waals surface area contributed by atoms with E-state index in [2.05, 4.69) is 4.74 Å². The van der Waals surface area contributed by atoms with E-state index < -0.39 is 47.6 Å². The van der Waals surface area contributed by atoms with Crippen molar-refractivity contribution in [2.75, 3.05) is 0 Å². The Morgan fingerprint density at radius 2 is 1.88 bits per heavy atom. The lowest BCUT2D eigenvalue weighted by molar-refractivity contribution is -0.274. The quantitative estimate of drug-likeness (QED) is 0.827. The number of hydrogen-bond donors (Lipinski definition) is 1. The molecule has 1 aromatic rings. The standard InChI is InChI=1S/C14H10F6O4/c1-2-12(13(15,16)17)9(11(21)22)6-7-5-8(23-14(18,19)20)3-4-10(7)24-12/h3-6H,2H2,1H3,(H,21,22)/t12-/m0/s1. The van der Waals surface area contributed by atoms with E-state index in [4.69, 9.17) is 9.84 Å². The Labute approximate surface area is 131 Å². The van der Waals surface area contributed by atoms with Gasteiger partial charge in [-0.3, -0.25) is 0 Å². The second-order valence-corrected chi connectivity index (χ2v) is 4.89. The van der Waals surface area contributed by atoms with Crippen molar-refractivity contribution in [1.82, 2.24) is 0 Å². The van der Waals surface area contributed by atoms with E-state index >= 15 is 0 Å². The number of aliphatic carboxylic acids is 1. The molecule has 1 heterocycles. The van der Waals surface area contributed by atoms with Crippen molar-refractivity contribution in [3.63, 3.8) is 0 Å². The number of fused-ring (bicyclic) bond motifs is 1. The maximum atomic E-state index is 13.4.